The van der Waals surface area contributed by atoms with Crippen LogP contribution in [0.15, 0.2) is 42.6 Å². The summed E-state index contributed by atoms with van der Waals surface area (Å²) in [7, 11) is 0. The topological polar surface area (TPSA) is 45.2 Å². The van der Waals surface area contributed by atoms with Crippen molar-refractivity contribution < 1.29 is 4.79 Å². The van der Waals surface area contributed by atoms with Crippen molar-refractivity contribution in [3.8, 4) is 0 Å². The lowest BCUT2D eigenvalue weighted by Gasteiger charge is -2.19. The molecule has 1 saturated heterocycles. The van der Waals surface area contributed by atoms with Crippen molar-refractivity contribution in [3.05, 3.63) is 58.3 Å². The summed E-state index contributed by atoms with van der Waals surface area (Å²) < 4.78 is 0. The fourth-order valence-electron chi connectivity index (χ4n) is 2.77. The molecular formula is C17H17Cl2N3O. The molecule has 0 radical (unpaired) electrons. The summed E-state index contributed by atoms with van der Waals surface area (Å²) in [4.78, 5) is 18.4. The van der Waals surface area contributed by atoms with E-state index in [4.69, 9.17) is 23.2 Å². The Bertz CT molecular complexity index is 690. The molecule has 1 aliphatic heterocycles. The zero-order valence-electron chi connectivity index (χ0n) is 12.5. The van der Waals surface area contributed by atoms with Crippen molar-refractivity contribution >= 4 is 34.8 Å². The summed E-state index contributed by atoms with van der Waals surface area (Å²) in [6.45, 7) is 2.53. The third-order valence-electron chi connectivity index (χ3n) is 4.03. The second-order valence-corrected chi connectivity index (χ2v) is 6.42. The standard InChI is InChI=1S/C17H17Cl2N3O/c18-13-3-5-14(6-4-13)22-9-7-12(11-22)10-21-17(23)15-2-1-8-20-16(15)19/h1-6,8,12H,7,9-11H2,(H,21,23). The zero-order valence-corrected chi connectivity index (χ0v) is 14.0. The first-order chi connectivity index (χ1) is 11.1. The molecule has 1 aliphatic rings. The van der Waals surface area contributed by atoms with E-state index in [2.05, 4.69) is 15.2 Å². The Balaban J connectivity index is 1.53. The quantitative estimate of drug-likeness (QED) is 0.857. The molecule has 0 aliphatic carbocycles. The Hall–Kier alpha value is -1.78. The molecule has 4 nitrogen and oxygen atoms in total. The summed E-state index contributed by atoms with van der Waals surface area (Å²) in [5.74, 6) is 0.248. The fourth-order valence-corrected chi connectivity index (χ4v) is 3.10. The number of hydrogen-bond donors (Lipinski definition) is 1. The molecule has 1 unspecified atom stereocenters. The van der Waals surface area contributed by atoms with E-state index >= 15 is 0 Å². The minimum Gasteiger partial charge on any atom is -0.371 e. The largest absolute Gasteiger partial charge is 0.371 e. The van der Waals surface area contributed by atoms with Gasteiger partial charge in [-0.25, -0.2) is 4.98 Å². The Morgan fingerprint density at radius 1 is 1.26 bits per heavy atom. The molecule has 3 rings (SSSR count). The minimum absolute atomic E-state index is 0.173. The van der Waals surface area contributed by atoms with Crippen LogP contribution in [0.25, 0.3) is 0 Å². The second kappa shape index (κ2) is 7.20. The molecule has 120 valence electrons. The third-order valence-corrected chi connectivity index (χ3v) is 4.59. The van der Waals surface area contributed by atoms with Gasteiger partial charge in [0.2, 0.25) is 0 Å². The third kappa shape index (κ3) is 3.95. The van der Waals surface area contributed by atoms with Crippen LogP contribution in [0, 0.1) is 5.92 Å². The van der Waals surface area contributed by atoms with E-state index in [1.807, 2.05) is 24.3 Å². The lowest BCUT2D eigenvalue weighted by Crippen LogP contribution is -2.31. The highest BCUT2D eigenvalue weighted by Crippen LogP contribution is 2.25. The predicted molar refractivity (Wildman–Crippen MR) is 93.4 cm³/mol. The molecule has 0 saturated carbocycles. The van der Waals surface area contributed by atoms with E-state index < -0.39 is 0 Å². The first kappa shape index (κ1) is 16.1. The lowest BCUT2D eigenvalue weighted by molar-refractivity contribution is 0.0948. The van der Waals surface area contributed by atoms with Crippen LogP contribution < -0.4 is 10.2 Å². The average Bonchev–Trinajstić information content (AvgIpc) is 3.03. The molecule has 1 aromatic carbocycles. The Morgan fingerprint density at radius 2 is 2.04 bits per heavy atom. The molecule has 1 fully saturated rings. The molecule has 6 heteroatoms. The van der Waals surface area contributed by atoms with Gasteiger partial charge in [-0.15, -0.1) is 0 Å². The number of rotatable bonds is 4. The SMILES string of the molecule is O=C(NCC1CCN(c2ccc(Cl)cc2)C1)c1cccnc1Cl. The monoisotopic (exact) mass is 349 g/mol. The maximum atomic E-state index is 12.1. The first-order valence-corrected chi connectivity index (χ1v) is 8.28. The van der Waals surface area contributed by atoms with Gasteiger partial charge < -0.3 is 10.2 Å². The van der Waals surface area contributed by atoms with Crippen LogP contribution in [0.3, 0.4) is 0 Å². The molecule has 1 aromatic heterocycles. The second-order valence-electron chi connectivity index (χ2n) is 5.63. The van der Waals surface area contributed by atoms with Crippen molar-refractivity contribution in [2.24, 2.45) is 5.92 Å². The summed E-state index contributed by atoms with van der Waals surface area (Å²) in [5.41, 5.74) is 1.58. The van der Waals surface area contributed by atoms with E-state index in [1.165, 1.54) is 5.69 Å². The minimum atomic E-state index is -0.173. The van der Waals surface area contributed by atoms with Gasteiger partial charge in [-0.05, 0) is 48.7 Å². The van der Waals surface area contributed by atoms with Gasteiger partial charge in [0.05, 0.1) is 5.56 Å². The summed E-state index contributed by atoms with van der Waals surface area (Å²) in [5, 5.41) is 3.93. The maximum absolute atomic E-state index is 12.1. The summed E-state index contributed by atoms with van der Waals surface area (Å²) in [6, 6.07) is 11.2. The molecule has 2 aromatic rings. The van der Waals surface area contributed by atoms with Gasteiger partial charge in [0.25, 0.3) is 5.91 Å². The van der Waals surface area contributed by atoms with Crippen molar-refractivity contribution in [3.63, 3.8) is 0 Å². The predicted octanol–water partition coefficient (Wildman–Crippen LogP) is 3.64. The average molecular weight is 350 g/mol. The molecule has 2 heterocycles. The summed E-state index contributed by atoms with van der Waals surface area (Å²) in [6.07, 6.45) is 2.61. The van der Waals surface area contributed by atoms with Gasteiger partial charge in [-0.3, -0.25) is 4.79 Å². The van der Waals surface area contributed by atoms with Gasteiger partial charge in [0, 0.05) is 36.5 Å². The number of pyridine rings is 1. The Labute approximate surface area is 145 Å². The van der Waals surface area contributed by atoms with E-state index in [1.54, 1.807) is 18.3 Å². The number of amides is 1. The normalized spacial score (nSPS) is 17.3. The van der Waals surface area contributed by atoms with Gasteiger partial charge in [-0.1, -0.05) is 23.2 Å². The molecular weight excluding hydrogens is 333 g/mol. The summed E-state index contributed by atoms with van der Waals surface area (Å²) >= 11 is 11.9. The Morgan fingerprint density at radius 3 is 2.78 bits per heavy atom. The fraction of sp³-hybridized carbons (Fsp3) is 0.294. The van der Waals surface area contributed by atoms with Crippen molar-refractivity contribution in [2.45, 2.75) is 6.42 Å². The van der Waals surface area contributed by atoms with Crippen LogP contribution in [0.2, 0.25) is 10.2 Å². The van der Waals surface area contributed by atoms with Gasteiger partial charge in [-0.2, -0.15) is 0 Å². The molecule has 0 bridgehead atoms. The van der Waals surface area contributed by atoms with Gasteiger partial charge in [0.15, 0.2) is 0 Å². The van der Waals surface area contributed by atoms with Gasteiger partial charge >= 0.3 is 0 Å². The van der Waals surface area contributed by atoms with Crippen LogP contribution >= 0.6 is 23.2 Å². The number of nitrogens with one attached hydrogen (secondary N) is 1. The van der Waals surface area contributed by atoms with E-state index in [0.29, 0.717) is 18.0 Å². The Kier molecular flexibility index (Phi) is 5.03. The first-order valence-electron chi connectivity index (χ1n) is 7.52. The van der Waals surface area contributed by atoms with Crippen LogP contribution in [0.1, 0.15) is 16.8 Å². The lowest BCUT2D eigenvalue weighted by atomic mass is 10.1. The maximum Gasteiger partial charge on any atom is 0.254 e. The number of aromatic nitrogens is 1. The van der Waals surface area contributed by atoms with E-state index in [-0.39, 0.29) is 11.1 Å². The van der Waals surface area contributed by atoms with Crippen LogP contribution in [0.5, 0.6) is 0 Å². The number of benzene rings is 1. The molecule has 1 amide bonds. The van der Waals surface area contributed by atoms with Gasteiger partial charge in [0.1, 0.15) is 5.15 Å². The number of anilines is 1. The highest BCUT2D eigenvalue weighted by Gasteiger charge is 2.23. The van der Waals surface area contributed by atoms with Crippen molar-refractivity contribution in [1.82, 2.24) is 10.3 Å². The number of hydrogen-bond acceptors (Lipinski definition) is 3. The van der Waals surface area contributed by atoms with Crippen molar-refractivity contribution in [1.29, 1.82) is 0 Å². The zero-order chi connectivity index (χ0) is 16.2. The highest BCUT2D eigenvalue weighted by molar-refractivity contribution is 6.32. The van der Waals surface area contributed by atoms with Crippen LogP contribution in [0.4, 0.5) is 5.69 Å². The van der Waals surface area contributed by atoms with E-state index in [9.17, 15) is 4.79 Å². The van der Waals surface area contributed by atoms with Crippen LogP contribution in [-0.2, 0) is 0 Å². The highest BCUT2D eigenvalue weighted by atomic mass is 35.5. The number of nitrogens with zero attached hydrogens (tertiary/aromatic N) is 2. The smallest absolute Gasteiger partial charge is 0.254 e. The van der Waals surface area contributed by atoms with Crippen molar-refractivity contribution in [2.75, 3.05) is 24.5 Å². The number of halogens is 2. The molecule has 23 heavy (non-hydrogen) atoms. The van der Waals surface area contributed by atoms with E-state index in [0.717, 1.165) is 24.5 Å². The number of carbonyl (C=O) groups excluding carboxylic acids is 1. The number of carbonyl (C=O) groups is 1. The molecule has 0 spiro atoms. The molecule has 1 N–H and O–H groups in total. The molecule has 1 atom stereocenters. The van der Waals surface area contributed by atoms with Crippen LogP contribution in [-0.4, -0.2) is 30.5 Å².